The van der Waals surface area contributed by atoms with Crippen molar-refractivity contribution in [3.05, 3.63) is 0 Å². The van der Waals surface area contributed by atoms with Crippen molar-refractivity contribution >= 4 is 0 Å². The number of terminal acetylenes is 1. The first kappa shape index (κ1) is 9.47. The number of halogens is 2. The van der Waals surface area contributed by atoms with Crippen molar-refractivity contribution in [1.82, 2.24) is 5.32 Å². The monoisotopic (exact) mass is 173 g/mol. The van der Waals surface area contributed by atoms with Gasteiger partial charge in [-0.2, -0.15) is 0 Å². The highest BCUT2D eigenvalue weighted by Crippen LogP contribution is 2.40. The van der Waals surface area contributed by atoms with Crippen LogP contribution in [0, 0.1) is 18.3 Å². The molecule has 1 saturated carbocycles. The number of hydrogen-bond acceptors (Lipinski definition) is 1. The third-order valence-corrected chi connectivity index (χ3v) is 2.40. The minimum atomic E-state index is -2.49. The summed E-state index contributed by atoms with van der Waals surface area (Å²) in [5.41, 5.74) is 0. The SMILES string of the molecule is C#CC(NC)C1CCC(F)(F)C1. The highest BCUT2D eigenvalue weighted by Gasteiger charge is 2.41. The molecule has 1 N–H and O–H groups in total. The molecule has 1 aliphatic carbocycles. The largest absolute Gasteiger partial charge is 0.307 e. The van der Waals surface area contributed by atoms with E-state index in [1.54, 1.807) is 7.05 Å². The summed E-state index contributed by atoms with van der Waals surface area (Å²) in [6.45, 7) is 0. The Morgan fingerprint density at radius 1 is 1.67 bits per heavy atom. The second-order valence-electron chi connectivity index (χ2n) is 3.29. The summed E-state index contributed by atoms with van der Waals surface area (Å²) in [6, 6.07) is -0.196. The minimum Gasteiger partial charge on any atom is -0.307 e. The van der Waals surface area contributed by atoms with Gasteiger partial charge in [-0.25, -0.2) is 8.78 Å². The van der Waals surface area contributed by atoms with Crippen molar-refractivity contribution < 1.29 is 8.78 Å². The Bertz CT molecular complexity index is 195. The van der Waals surface area contributed by atoms with Gasteiger partial charge in [-0.15, -0.1) is 6.42 Å². The molecule has 1 fully saturated rings. The molecular weight excluding hydrogens is 160 g/mol. The lowest BCUT2D eigenvalue weighted by molar-refractivity contribution is 0.00430. The molecule has 2 unspecified atom stereocenters. The van der Waals surface area contributed by atoms with Crippen LogP contribution in [0.4, 0.5) is 8.78 Å². The molecule has 3 heteroatoms. The molecule has 0 bridgehead atoms. The van der Waals surface area contributed by atoms with Crippen LogP contribution in [-0.2, 0) is 0 Å². The minimum absolute atomic E-state index is 0.0163. The molecule has 68 valence electrons. The van der Waals surface area contributed by atoms with Crippen LogP contribution < -0.4 is 5.32 Å². The number of rotatable bonds is 2. The van der Waals surface area contributed by atoms with Crippen LogP contribution in [0.15, 0.2) is 0 Å². The highest BCUT2D eigenvalue weighted by atomic mass is 19.3. The van der Waals surface area contributed by atoms with Crippen LogP contribution in [0.3, 0.4) is 0 Å². The third-order valence-electron chi connectivity index (χ3n) is 2.40. The quantitative estimate of drug-likeness (QED) is 0.626. The lowest BCUT2D eigenvalue weighted by Crippen LogP contribution is -2.31. The van der Waals surface area contributed by atoms with E-state index in [-0.39, 0.29) is 24.8 Å². The molecule has 0 aromatic carbocycles. The Morgan fingerprint density at radius 3 is 2.67 bits per heavy atom. The number of hydrogen-bond donors (Lipinski definition) is 1. The van der Waals surface area contributed by atoms with Crippen molar-refractivity contribution in [3.63, 3.8) is 0 Å². The van der Waals surface area contributed by atoms with Gasteiger partial charge in [0.25, 0.3) is 0 Å². The van der Waals surface area contributed by atoms with Crippen LogP contribution in [0.2, 0.25) is 0 Å². The Labute approximate surface area is 71.5 Å². The van der Waals surface area contributed by atoms with E-state index in [1.807, 2.05) is 0 Å². The Balaban J connectivity index is 2.52. The first-order chi connectivity index (χ1) is 5.59. The summed E-state index contributed by atoms with van der Waals surface area (Å²) in [5.74, 6) is -0.0627. The van der Waals surface area contributed by atoms with Gasteiger partial charge in [-0.1, -0.05) is 5.92 Å². The molecule has 0 aromatic rings. The molecule has 0 amide bonds. The van der Waals surface area contributed by atoms with Gasteiger partial charge in [0.1, 0.15) is 0 Å². The maximum atomic E-state index is 12.7. The van der Waals surface area contributed by atoms with E-state index in [0.29, 0.717) is 6.42 Å². The van der Waals surface area contributed by atoms with Crippen molar-refractivity contribution in [2.75, 3.05) is 7.05 Å². The zero-order valence-electron chi connectivity index (χ0n) is 7.11. The van der Waals surface area contributed by atoms with Crippen LogP contribution in [0.1, 0.15) is 19.3 Å². The third kappa shape index (κ3) is 1.95. The molecule has 12 heavy (non-hydrogen) atoms. The second kappa shape index (κ2) is 3.40. The summed E-state index contributed by atoms with van der Waals surface area (Å²) < 4.78 is 25.5. The van der Waals surface area contributed by atoms with Gasteiger partial charge in [-0.3, -0.25) is 0 Å². The first-order valence-corrected chi connectivity index (χ1v) is 4.10. The standard InChI is InChI=1S/C9H13F2N/c1-3-8(12-2)7-4-5-9(10,11)6-7/h1,7-8,12H,4-6H2,2H3. The average molecular weight is 173 g/mol. The topological polar surface area (TPSA) is 12.0 Å². The Morgan fingerprint density at radius 2 is 2.33 bits per heavy atom. The van der Waals surface area contributed by atoms with E-state index in [1.165, 1.54) is 0 Å². The van der Waals surface area contributed by atoms with E-state index in [0.717, 1.165) is 0 Å². The van der Waals surface area contributed by atoms with E-state index >= 15 is 0 Å². The Kier molecular flexibility index (Phi) is 2.69. The van der Waals surface area contributed by atoms with Crippen molar-refractivity contribution in [2.45, 2.75) is 31.2 Å². The van der Waals surface area contributed by atoms with Crippen LogP contribution in [0.5, 0.6) is 0 Å². The fraction of sp³-hybridized carbons (Fsp3) is 0.778. The maximum Gasteiger partial charge on any atom is 0.248 e. The van der Waals surface area contributed by atoms with Crippen molar-refractivity contribution in [2.24, 2.45) is 5.92 Å². The molecule has 2 atom stereocenters. The van der Waals surface area contributed by atoms with E-state index in [2.05, 4.69) is 11.2 Å². The molecule has 0 aromatic heterocycles. The van der Waals surface area contributed by atoms with Gasteiger partial charge in [0.05, 0.1) is 6.04 Å². The summed E-state index contributed by atoms with van der Waals surface area (Å²) in [5, 5.41) is 2.86. The van der Waals surface area contributed by atoms with E-state index < -0.39 is 5.92 Å². The van der Waals surface area contributed by atoms with Crippen LogP contribution >= 0.6 is 0 Å². The highest BCUT2D eigenvalue weighted by molar-refractivity contribution is 5.04. The molecule has 0 heterocycles. The number of alkyl halides is 2. The summed E-state index contributed by atoms with van der Waals surface area (Å²) in [7, 11) is 1.71. The smallest absolute Gasteiger partial charge is 0.248 e. The average Bonchev–Trinajstić information content (AvgIpc) is 2.34. The normalized spacial score (nSPS) is 29.7. The van der Waals surface area contributed by atoms with Gasteiger partial charge < -0.3 is 5.32 Å². The molecule has 0 aliphatic heterocycles. The Hall–Kier alpha value is -0.620. The predicted octanol–water partition coefficient (Wildman–Crippen LogP) is 1.64. The molecular formula is C9H13F2N. The molecule has 1 nitrogen and oxygen atoms in total. The molecule has 0 spiro atoms. The summed E-state index contributed by atoms with van der Waals surface area (Å²) >= 11 is 0. The van der Waals surface area contributed by atoms with Gasteiger partial charge in [0.2, 0.25) is 5.92 Å². The second-order valence-corrected chi connectivity index (χ2v) is 3.29. The lowest BCUT2D eigenvalue weighted by Gasteiger charge is -2.16. The van der Waals surface area contributed by atoms with Crippen molar-refractivity contribution in [3.8, 4) is 12.3 Å². The molecule has 0 radical (unpaired) electrons. The lowest BCUT2D eigenvalue weighted by atomic mass is 9.99. The van der Waals surface area contributed by atoms with E-state index in [4.69, 9.17) is 6.42 Å². The van der Waals surface area contributed by atoms with Gasteiger partial charge in [-0.05, 0) is 19.4 Å². The fourth-order valence-electron chi connectivity index (χ4n) is 1.72. The number of nitrogens with one attached hydrogen (secondary N) is 1. The maximum absolute atomic E-state index is 12.7. The van der Waals surface area contributed by atoms with E-state index in [9.17, 15) is 8.78 Å². The molecule has 1 rings (SSSR count). The zero-order valence-corrected chi connectivity index (χ0v) is 7.11. The summed E-state index contributed by atoms with van der Waals surface area (Å²) in [4.78, 5) is 0. The van der Waals surface area contributed by atoms with Gasteiger partial charge in [0, 0.05) is 12.8 Å². The van der Waals surface area contributed by atoms with Crippen LogP contribution in [0.25, 0.3) is 0 Å². The van der Waals surface area contributed by atoms with Gasteiger partial charge >= 0.3 is 0 Å². The van der Waals surface area contributed by atoms with Gasteiger partial charge in [0.15, 0.2) is 0 Å². The molecule has 1 aliphatic rings. The summed E-state index contributed by atoms with van der Waals surface area (Å²) in [6.07, 6.45) is 5.64. The van der Waals surface area contributed by atoms with Crippen molar-refractivity contribution in [1.29, 1.82) is 0 Å². The van der Waals surface area contributed by atoms with Crippen LogP contribution in [-0.4, -0.2) is 19.0 Å². The zero-order chi connectivity index (χ0) is 9.19. The first-order valence-electron chi connectivity index (χ1n) is 4.10. The molecule has 0 saturated heterocycles. The fourth-order valence-corrected chi connectivity index (χ4v) is 1.72. The predicted molar refractivity (Wildman–Crippen MR) is 44.0 cm³/mol.